The van der Waals surface area contributed by atoms with Crippen LogP contribution in [0.15, 0.2) is 60.7 Å². The number of piperazine rings is 1. The third-order valence-corrected chi connectivity index (χ3v) is 5.57. The lowest BCUT2D eigenvalue weighted by molar-refractivity contribution is -0.145. The van der Waals surface area contributed by atoms with Crippen molar-refractivity contribution in [3.05, 3.63) is 71.8 Å². The van der Waals surface area contributed by atoms with Crippen molar-refractivity contribution in [2.24, 2.45) is 0 Å². The van der Waals surface area contributed by atoms with Crippen LogP contribution >= 0.6 is 0 Å². The molecule has 0 bridgehead atoms. The molecule has 4 nitrogen and oxygen atoms in total. The van der Waals surface area contributed by atoms with E-state index >= 15 is 0 Å². The summed E-state index contributed by atoms with van der Waals surface area (Å²) in [6.07, 6.45) is 2.56. The van der Waals surface area contributed by atoms with Crippen LogP contribution < -0.4 is 0 Å². The molecule has 0 aromatic heterocycles. The maximum absolute atomic E-state index is 12.7. The molecule has 2 amide bonds. The van der Waals surface area contributed by atoms with E-state index in [4.69, 9.17) is 0 Å². The van der Waals surface area contributed by atoms with Crippen molar-refractivity contribution in [3.8, 4) is 0 Å². The van der Waals surface area contributed by atoms with Gasteiger partial charge in [0.2, 0.25) is 11.8 Å². The molecule has 0 radical (unpaired) electrons. The topological polar surface area (TPSA) is 40.6 Å². The highest BCUT2D eigenvalue weighted by Gasteiger charge is 2.33. The number of rotatable bonds is 6. The number of carbonyl (C=O) groups is 2. The molecule has 0 unspecified atom stereocenters. The predicted octanol–water partition coefficient (Wildman–Crippen LogP) is 3.70. The van der Waals surface area contributed by atoms with Gasteiger partial charge in [-0.2, -0.15) is 0 Å². The maximum Gasteiger partial charge on any atom is 0.223 e. The quantitative estimate of drug-likeness (QED) is 0.769. The van der Waals surface area contributed by atoms with Crippen molar-refractivity contribution < 1.29 is 9.59 Å². The second-order valence-electron chi connectivity index (χ2n) is 7.76. The summed E-state index contributed by atoms with van der Waals surface area (Å²) in [6.45, 7) is 5.32. The van der Waals surface area contributed by atoms with Crippen molar-refractivity contribution in [1.82, 2.24) is 9.80 Å². The smallest absolute Gasteiger partial charge is 0.223 e. The summed E-state index contributed by atoms with van der Waals surface area (Å²) in [5, 5.41) is 0. The lowest BCUT2D eigenvalue weighted by atomic mass is 10.0. The summed E-state index contributed by atoms with van der Waals surface area (Å²) in [5.41, 5.74) is 2.37. The Morgan fingerprint density at radius 3 is 1.43 bits per heavy atom. The second kappa shape index (κ2) is 9.54. The zero-order chi connectivity index (χ0) is 19.9. The number of hydrogen-bond donors (Lipinski definition) is 0. The third-order valence-electron chi connectivity index (χ3n) is 5.57. The molecule has 3 rings (SSSR count). The second-order valence-corrected chi connectivity index (χ2v) is 7.76. The number of hydrogen-bond acceptors (Lipinski definition) is 2. The molecule has 1 heterocycles. The molecule has 4 heteroatoms. The first-order valence-electron chi connectivity index (χ1n) is 10.2. The molecular formula is C24H30N2O2. The molecule has 148 valence electrons. The van der Waals surface area contributed by atoms with Gasteiger partial charge in [-0.25, -0.2) is 0 Å². The van der Waals surface area contributed by atoms with E-state index in [1.807, 2.05) is 60.0 Å². The molecule has 0 spiro atoms. The molecule has 2 atom stereocenters. The fourth-order valence-electron chi connectivity index (χ4n) is 3.90. The molecule has 28 heavy (non-hydrogen) atoms. The Balaban J connectivity index is 1.51. The molecule has 2 aromatic rings. The summed E-state index contributed by atoms with van der Waals surface area (Å²) in [6, 6.07) is 20.3. The molecular weight excluding hydrogens is 348 g/mol. The van der Waals surface area contributed by atoms with Gasteiger partial charge in [0.15, 0.2) is 0 Å². The maximum atomic E-state index is 12.7. The van der Waals surface area contributed by atoms with Crippen molar-refractivity contribution in [2.45, 2.75) is 51.6 Å². The Bertz CT molecular complexity index is 708. The van der Waals surface area contributed by atoms with Gasteiger partial charge in [0.1, 0.15) is 0 Å². The number of aryl methyl sites for hydroxylation is 2. The van der Waals surface area contributed by atoms with Crippen molar-refractivity contribution >= 4 is 11.8 Å². The fraction of sp³-hybridized carbons (Fsp3) is 0.417. The van der Waals surface area contributed by atoms with Gasteiger partial charge in [0, 0.05) is 38.0 Å². The molecule has 1 aliphatic heterocycles. The number of amides is 2. The Morgan fingerprint density at radius 1 is 0.714 bits per heavy atom. The van der Waals surface area contributed by atoms with Gasteiger partial charge in [-0.1, -0.05) is 60.7 Å². The van der Waals surface area contributed by atoms with Gasteiger partial charge in [0.25, 0.3) is 0 Å². The van der Waals surface area contributed by atoms with Crippen LogP contribution in [0, 0.1) is 0 Å². The number of nitrogens with zero attached hydrogens (tertiary/aromatic N) is 2. The van der Waals surface area contributed by atoms with Gasteiger partial charge in [-0.05, 0) is 37.8 Å². The normalized spacial score (nSPS) is 19.5. The van der Waals surface area contributed by atoms with Crippen LogP contribution in [0.2, 0.25) is 0 Å². The summed E-state index contributed by atoms with van der Waals surface area (Å²) in [4.78, 5) is 29.4. The van der Waals surface area contributed by atoms with Gasteiger partial charge >= 0.3 is 0 Å². The van der Waals surface area contributed by atoms with E-state index in [1.54, 1.807) is 0 Å². The molecule has 0 saturated carbocycles. The van der Waals surface area contributed by atoms with Gasteiger partial charge < -0.3 is 9.80 Å². The summed E-state index contributed by atoms with van der Waals surface area (Å²) in [7, 11) is 0. The highest BCUT2D eigenvalue weighted by atomic mass is 16.2. The largest absolute Gasteiger partial charge is 0.336 e. The van der Waals surface area contributed by atoms with E-state index in [2.05, 4.69) is 24.3 Å². The first-order valence-corrected chi connectivity index (χ1v) is 10.2. The van der Waals surface area contributed by atoms with E-state index in [-0.39, 0.29) is 23.9 Å². The average Bonchev–Trinajstić information content (AvgIpc) is 2.73. The van der Waals surface area contributed by atoms with Crippen molar-refractivity contribution in [1.29, 1.82) is 0 Å². The van der Waals surface area contributed by atoms with Gasteiger partial charge in [-0.3, -0.25) is 9.59 Å². The minimum absolute atomic E-state index is 0.0557. The Hall–Kier alpha value is -2.62. The molecule has 1 saturated heterocycles. The molecule has 0 N–H and O–H groups in total. The highest BCUT2D eigenvalue weighted by molar-refractivity contribution is 5.79. The molecule has 1 fully saturated rings. The monoisotopic (exact) mass is 378 g/mol. The predicted molar refractivity (Wildman–Crippen MR) is 112 cm³/mol. The third kappa shape index (κ3) is 5.22. The minimum atomic E-state index is 0.0557. The first kappa shape index (κ1) is 20.1. The van der Waals surface area contributed by atoms with Crippen LogP contribution in [0.5, 0.6) is 0 Å². The summed E-state index contributed by atoms with van der Waals surface area (Å²) in [5.74, 6) is 0.360. The lowest BCUT2D eigenvalue weighted by Gasteiger charge is -2.44. The average molecular weight is 379 g/mol. The zero-order valence-electron chi connectivity index (χ0n) is 16.9. The number of carbonyl (C=O) groups excluding carboxylic acids is 2. The van der Waals surface area contributed by atoms with Crippen LogP contribution in [0.1, 0.15) is 37.8 Å². The van der Waals surface area contributed by atoms with E-state index in [1.165, 1.54) is 11.1 Å². The summed E-state index contributed by atoms with van der Waals surface area (Å²) < 4.78 is 0. The molecule has 1 aliphatic rings. The Morgan fingerprint density at radius 2 is 1.07 bits per heavy atom. The number of benzene rings is 2. The van der Waals surface area contributed by atoms with Crippen molar-refractivity contribution in [3.63, 3.8) is 0 Å². The summed E-state index contributed by atoms with van der Waals surface area (Å²) >= 11 is 0. The first-order chi connectivity index (χ1) is 13.5. The fourth-order valence-corrected chi connectivity index (χ4v) is 3.90. The van der Waals surface area contributed by atoms with Crippen molar-refractivity contribution in [2.75, 3.05) is 13.1 Å². The van der Waals surface area contributed by atoms with Gasteiger partial charge in [0.05, 0.1) is 0 Å². The van der Waals surface area contributed by atoms with Crippen LogP contribution in [0.25, 0.3) is 0 Å². The highest BCUT2D eigenvalue weighted by Crippen LogP contribution is 2.19. The van der Waals surface area contributed by atoms with E-state index in [9.17, 15) is 9.59 Å². The molecule has 0 aliphatic carbocycles. The van der Waals surface area contributed by atoms with E-state index in [0.717, 1.165) is 12.8 Å². The standard InChI is InChI=1S/C24H30N2O2/c1-19-17-26(24(28)16-14-22-11-7-4-8-12-22)20(2)18-25(19)23(27)15-13-21-9-5-3-6-10-21/h3-12,19-20H,13-18H2,1-2H3/t19-,20+. The van der Waals surface area contributed by atoms with Crippen LogP contribution in [0.3, 0.4) is 0 Å². The van der Waals surface area contributed by atoms with E-state index < -0.39 is 0 Å². The van der Waals surface area contributed by atoms with Crippen LogP contribution in [0.4, 0.5) is 0 Å². The Labute approximate surface area is 168 Å². The zero-order valence-corrected chi connectivity index (χ0v) is 16.9. The van der Waals surface area contributed by atoms with Gasteiger partial charge in [-0.15, -0.1) is 0 Å². The van der Waals surface area contributed by atoms with Crippen LogP contribution in [-0.4, -0.2) is 46.8 Å². The van der Waals surface area contributed by atoms with E-state index in [0.29, 0.717) is 25.9 Å². The lowest BCUT2D eigenvalue weighted by Crippen LogP contribution is -2.59. The SMILES string of the molecule is C[C@@H]1CN(C(=O)CCc2ccccc2)[C@@H](C)CN1C(=O)CCc1ccccc1. The van der Waals surface area contributed by atoms with Crippen LogP contribution in [-0.2, 0) is 22.4 Å². The minimum Gasteiger partial charge on any atom is -0.336 e. The molecule has 2 aromatic carbocycles. The Kier molecular flexibility index (Phi) is 6.85.